The van der Waals surface area contributed by atoms with Crippen molar-refractivity contribution in [3.8, 4) is 0 Å². The molecule has 1 amide bonds. The first kappa shape index (κ1) is 18.3. The molecule has 1 atom stereocenters. The molecule has 6 nitrogen and oxygen atoms in total. The van der Waals surface area contributed by atoms with Gasteiger partial charge in [-0.3, -0.25) is 10.2 Å². The van der Waals surface area contributed by atoms with Crippen LogP contribution < -0.4 is 10.9 Å². The minimum atomic E-state index is -7.28. The molecule has 1 rings (SSSR count). The van der Waals surface area contributed by atoms with Gasteiger partial charge < -0.3 is 10.3 Å². The maximum atomic E-state index is 13.5. The van der Waals surface area contributed by atoms with Crippen molar-refractivity contribution < 1.29 is 54.6 Å². The number of nitrogens with one attached hydrogen (secondary N) is 2. The maximum absolute atomic E-state index is 13.5. The van der Waals surface area contributed by atoms with E-state index in [9.17, 15) is 49.4 Å². The van der Waals surface area contributed by atoms with E-state index in [2.05, 4.69) is 0 Å². The van der Waals surface area contributed by atoms with Crippen LogP contribution in [-0.2, 0) is 4.79 Å². The summed E-state index contributed by atoms with van der Waals surface area (Å²) in [6, 6.07) is 0. The van der Waals surface area contributed by atoms with Crippen molar-refractivity contribution in [2.45, 2.75) is 29.7 Å². The fraction of sp³-hybridized carbons (Fsp3) is 0.714. The number of hydrogen-bond acceptors (Lipinski definition) is 5. The van der Waals surface area contributed by atoms with E-state index in [1.54, 1.807) is 5.16 Å². The molecule has 1 aliphatic heterocycles. The first-order chi connectivity index (χ1) is 9.58. The number of alkyl halides is 9. The molecule has 0 aromatic heterocycles. The molecule has 1 fully saturated rings. The average Bonchev–Trinajstić information content (AvgIpc) is 2.64. The molecule has 1 saturated heterocycles. The molecule has 128 valence electrons. The number of nitrogens with zero attached hydrogens (tertiary/aromatic N) is 1. The van der Waals surface area contributed by atoms with Crippen LogP contribution in [0.3, 0.4) is 0 Å². The number of carbonyl (C=O) groups is 1. The lowest BCUT2D eigenvalue weighted by molar-refractivity contribution is -0.412. The van der Waals surface area contributed by atoms with Crippen molar-refractivity contribution in [3.63, 3.8) is 0 Å². The molecule has 1 unspecified atom stereocenters. The Bertz CT molecular complexity index is 517. The number of rotatable bonds is 3. The number of hydrogen-bond donors (Lipinski definition) is 4. The summed E-state index contributed by atoms with van der Waals surface area (Å²) in [5.41, 5.74) is -5.38. The van der Waals surface area contributed by atoms with E-state index in [0.717, 1.165) is 5.43 Å². The first-order valence-corrected chi connectivity index (χ1v) is 4.80. The van der Waals surface area contributed by atoms with Gasteiger partial charge in [-0.15, -0.1) is 0 Å². The molecule has 0 saturated carbocycles. The van der Waals surface area contributed by atoms with Gasteiger partial charge in [-0.1, -0.05) is 5.16 Å². The van der Waals surface area contributed by atoms with Gasteiger partial charge in [0.25, 0.3) is 11.6 Å². The van der Waals surface area contributed by atoms with Gasteiger partial charge in [-0.05, 0) is 0 Å². The number of carbonyl (C=O) groups excluding carboxylic acids is 1. The molecule has 1 aliphatic rings. The number of oxime groups is 1. The van der Waals surface area contributed by atoms with Gasteiger partial charge >= 0.3 is 23.9 Å². The fourth-order valence-corrected chi connectivity index (χ4v) is 1.38. The lowest BCUT2D eigenvalue weighted by Crippen LogP contribution is -2.73. The highest BCUT2D eigenvalue weighted by Gasteiger charge is 2.87. The van der Waals surface area contributed by atoms with Crippen LogP contribution in [-0.4, -0.2) is 51.6 Å². The minimum absolute atomic E-state index is 0.688. The molecule has 0 aliphatic carbocycles. The summed E-state index contributed by atoms with van der Waals surface area (Å²) < 4.78 is 114. The second-order valence-corrected chi connectivity index (χ2v) is 3.96. The van der Waals surface area contributed by atoms with Crippen molar-refractivity contribution in [2.75, 3.05) is 0 Å². The molecule has 1 heterocycles. The van der Waals surface area contributed by atoms with E-state index in [1.165, 1.54) is 0 Å². The zero-order valence-electron chi connectivity index (χ0n) is 9.65. The largest absolute Gasteiger partial charge is 0.460 e. The molecular weight excluding hydrogens is 345 g/mol. The SMILES string of the molecule is O=C1NNC(O)(C(F)(F)C(F)(F)C(F)(F)C(F)(F)F)/C1=N/O. The van der Waals surface area contributed by atoms with E-state index in [-0.39, 0.29) is 0 Å². The summed E-state index contributed by atoms with van der Waals surface area (Å²) in [7, 11) is 0. The zero-order valence-corrected chi connectivity index (χ0v) is 9.65. The van der Waals surface area contributed by atoms with Gasteiger partial charge in [0.05, 0.1) is 0 Å². The van der Waals surface area contributed by atoms with Crippen molar-refractivity contribution >= 4 is 11.6 Å². The Morgan fingerprint density at radius 2 is 1.41 bits per heavy atom. The lowest BCUT2D eigenvalue weighted by Gasteiger charge is -2.39. The zero-order chi connectivity index (χ0) is 17.8. The Labute approximate surface area is 113 Å². The Kier molecular flexibility index (Phi) is 3.83. The molecule has 0 spiro atoms. The summed E-state index contributed by atoms with van der Waals surface area (Å²) in [6.07, 6.45) is -7.11. The highest BCUT2D eigenvalue weighted by Crippen LogP contribution is 2.56. The quantitative estimate of drug-likeness (QED) is 0.341. The maximum Gasteiger partial charge on any atom is 0.460 e. The van der Waals surface area contributed by atoms with E-state index < -0.39 is 41.3 Å². The number of hydrazine groups is 1. The second-order valence-electron chi connectivity index (χ2n) is 3.96. The monoisotopic (exact) mass is 349 g/mol. The molecule has 4 N–H and O–H groups in total. The van der Waals surface area contributed by atoms with Crippen LogP contribution in [0.4, 0.5) is 39.5 Å². The fourth-order valence-electron chi connectivity index (χ4n) is 1.38. The second kappa shape index (κ2) is 4.61. The Morgan fingerprint density at radius 1 is 0.955 bits per heavy atom. The molecular formula is C7H4F9N3O3. The summed E-state index contributed by atoms with van der Waals surface area (Å²) in [5.74, 6) is -23.1. The van der Waals surface area contributed by atoms with Crippen LogP contribution in [0.5, 0.6) is 0 Å². The van der Waals surface area contributed by atoms with Crippen LogP contribution >= 0.6 is 0 Å². The smallest absolute Gasteiger partial charge is 0.410 e. The molecule has 0 bridgehead atoms. The predicted molar refractivity (Wildman–Crippen MR) is 46.3 cm³/mol. The summed E-state index contributed by atoms with van der Waals surface area (Å²) in [4.78, 5) is 10.8. The Morgan fingerprint density at radius 3 is 1.77 bits per heavy atom. The van der Waals surface area contributed by atoms with E-state index in [4.69, 9.17) is 5.21 Å². The van der Waals surface area contributed by atoms with Crippen LogP contribution in [0.25, 0.3) is 0 Å². The van der Waals surface area contributed by atoms with Gasteiger partial charge in [-0.25, -0.2) is 0 Å². The Balaban J connectivity index is 3.49. The third kappa shape index (κ3) is 1.98. The summed E-state index contributed by atoms with van der Waals surface area (Å²) in [6.45, 7) is 0. The first-order valence-electron chi connectivity index (χ1n) is 4.80. The van der Waals surface area contributed by atoms with Crippen LogP contribution in [0, 0.1) is 0 Å². The minimum Gasteiger partial charge on any atom is -0.410 e. The summed E-state index contributed by atoms with van der Waals surface area (Å²) >= 11 is 0. The summed E-state index contributed by atoms with van der Waals surface area (Å²) in [5, 5.41) is 19.1. The standard InChI is InChI=1S/C7H4F9N3O3/c8-4(9,3(21)1(18-22)2(20)17-19-3)5(10,11)6(12,13)7(14,15)16/h19,21-22H,(H,17,20)/b18-1+. The normalized spacial score (nSPS) is 26.5. The van der Waals surface area contributed by atoms with Crippen molar-refractivity contribution in [2.24, 2.45) is 5.16 Å². The molecule has 15 heteroatoms. The Hall–Kier alpha value is -1.77. The van der Waals surface area contributed by atoms with Gasteiger partial charge in [-0.2, -0.15) is 44.9 Å². The van der Waals surface area contributed by atoms with Crippen LogP contribution in [0.2, 0.25) is 0 Å². The van der Waals surface area contributed by atoms with Crippen LogP contribution in [0.1, 0.15) is 0 Å². The number of amides is 1. The van der Waals surface area contributed by atoms with Crippen molar-refractivity contribution in [1.29, 1.82) is 0 Å². The topological polar surface area (TPSA) is 94.0 Å². The predicted octanol–water partition coefficient (Wildman–Crippen LogP) is 0.608. The average molecular weight is 349 g/mol. The van der Waals surface area contributed by atoms with E-state index in [0.29, 0.717) is 5.43 Å². The van der Waals surface area contributed by atoms with Gasteiger partial charge in [0.2, 0.25) is 5.71 Å². The van der Waals surface area contributed by atoms with E-state index >= 15 is 0 Å². The van der Waals surface area contributed by atoms with Gasteiger partial charge in [0.1, 0.15) is 0 Å². The lowest BCUT2D eigenvalue weighted by atomic mass is 9.91. The highest BCUT2D eigenvalue weighted by molar-refractivity contribution is 6.43. The molecule has 22 heavy (non-hydrogen) atoms. The molecule has 0 aromatic rings. The number of aliphatic hydroxyl groups is 1. The van der Waals surface area contributed by atoms with Gasteiger partial charge in [0, 0.05) is 0 Å². The van der Waals surface area contributed by atoms with Crippen LogP contribution in [0.15, 0.2) is 5.16 Å². The van der Waals surface area contributed by atoms with Crippen molar-refractivity contribution in [1.82, 2.24) is 10.9 Å². The molecule has 0 aromatic carbocycles. The van der Waals surface area contributed by atoms with Gasteiger partial charge in [0.15, 0.2) is 0 Å². The molecule has 0 radical (unpaired) electrons. The van der Waals surface area contributed by atoms with E-state index in [1.807, 2.05) is 0 Å². The number of halogens is 9. The highest BCUT2D eigenvalue weighted by atomic mass is 19.4. The third-order valence-electron chi connectivity index (χ3n) is 2.61. The van der Waals surface area contributed by atoms with Crippen molar-refractivity contribution in [3.05, 3.63) is 0 Å². The third-order valence-corrected chi connectivity index (χ3v) is 2.61.